The molecule has 0 fully saturated rings. The molecule has 0 heterocycles. The first-order valence-corrected chi connectivity index (χ1v) is 9.38. The van der Waals surface area contributed by atoms with Crippen molar-refractivity contribution in [1.82, 2.24) is 0 Å². The summed E-state index contributed by atoms with van der Waals surface area (Å²) >= 11 is 3.28. The number of nitrogens with zero attached hydrogens (tertiary/aromatic N) is 4. The van der Waals surface area contributed by atoms with Crippen molar-refractivity contribution in [3.8, 4) is 0 Å². The molecule has 27 heavy (non-hydrogen) atoms. The van der Waals surface area contributed by atoms with Crippen molar-refractivity contribution >= 4 is 48.7 Å². The molecule has 148 valence electrons. The van der Waals surface area contributed by atoms with Crippen LogP contribution in [-0.4, -0.2) is 24.1 Å². The van der Waals surface area contributed by atoms with Crippen LogP contribution in [0.2, 0.25) is 0 Å². The van der Waals surface area contributed by atoms with Crippen LogP contribution in [0.3, 0.4) is 0 Å². The van der Waals surface area contributed by atoms with Crippen LogP contribution in [0.1, 0.15) is 0 Å². The molecule has 0 saturated heterocycles. The third-order valence-electron chi connectivity index (χ3n) is 3.12. The molecule has 0 aliphatic rings. The van der Waals surface area contributed by atoms with Crippen molar-refractivity contribution in [1.29, 1.82) is 0 Å². The molecule has 6 nitrogen and oxygen atoms in total. The number of azo groups is 1. The van der Waals surface area contributed by atoms with Crippen LogP contribution in [0, 0.1) is 0 Å². The summed E-state index contributed by atoms with van der Waals surface area (Å²) in [7, 11) is -1.44. The maximum Gasteiger partial charge on any atom is 2.00 e. The molecule has 0 radical (unpaired) electrons. The van der Waals surface area contributed by atoms with Crippen molar-refractivity contribution in [2.75, 3.05) is 19.0 Å². The first-order valence-electron chi connectivity index (χ1n) is 7.08. The van der Waals surface area contributed by atoms with Gasteiger partial charge in [0, 0.05) is 24.3 Å². The van der Waals surface area contributed by atoms with Gasteiger partial charge in [0.1, 0.15) is 11.4 Å². The third kappa shape index (κ3) is 6.27. The van der Waals surface area contributed by atoms with E-state index >= 15 is 0 Å². The Kier molecular flexibility index (Phi) is 8.87. The Balaban J connectivity index is 0.00000364. The number of alkyl halides is 2. The van der Waals surface area contributed by atoms with Gasteiger partial charge in [0.25, 0.3) is 10.0 Å². The molecule has 2 aromatic rings. The van der Waals surface area contributed by atoms with Crippen LogP contribution in [0.5, 0.6) is 0 Å². The Hall–Kier alpha value is -1.49. The van der Waals surface area contributed by atoms with Crippen molar-refractivity contribution < 1.29 is 38.4 Å². The van der Waals surface area contributed by atoms with Gasteiger partial charge >= 0.3 is 22.2 Å². The van der Waals surface area contributed by atoms with Crippen LogP contribution in [-0.2, 0) is 30.9 Å². The van der Waals surface area contributed by atoms with Gasteiger partial charge in [-0.1, -0.05) is 20.3 Å². The summed E-state index contributed by atoms with van der Waals surface area (Å²) in [4.78, 5) is 1.66. The molecule has 0 saturated carbocycles. The number of rotatable bonds is 6. The fourth-order valence-corrected chi connectivity index (χ4v) is 2.63. The molecular weight excluding hydrogens is 496 g/mol. The largest absolute Gasteiger partial charge is 2.00 e. The fraction of sp³-hybridized carbons (Fsp3) is 0.200. The second-order valence-corrected chi connectivity index (χ2v) is 7.78. The van der Waals surface area contributed by atoms with Gasteiger partial charge in [0.15, 0.2) is 0 Å². The van der Waals surface area contributed by atoms with Crippen molar-refractivity contribution in [2.45, 2.75) is 5.76 Å². The summed E-state index contributed by atoms with van der Waals surface area (Å²) in [5.41, 5.74) is 0.845. The predicted molar refractivity (Wildman–Crippen MR) is 97.5 cm³/mol. The predicted octanol–water partition coefficient (Wildman–Crippen LogP) is 6.07. The normalized spacial score (nSPS) is 13.3. The molecule has 0 bridgehead atoms. The molecular formula is C15H14BrF3N4NiO2S+2. The van der Waals surface area contributed by atoms with E-state index in [0.29, 0.717) is 11.4 Å². The van der Waals surface area contributed by atoms with Gasteiger partial charge in [-0.25, -0.2) is 4.21 Å². The summed E-state index contributed by atoms with van der Waals surface area (Å²) in [5.74, 6) is -3.63. The quantitative estimate of drug-likeness (QED) is 0.351. The Morgan fingerprint density at radius 1 is 1.07 bits per heavy atom. The topological polar surface area (TPSA) is 66.6 Å². The standard InChI is InChI=1S/C15H14BrF3N4O2S.Ni/c1-23(2)12-7-8-13(21-20-11-5-3-10(16)4-6-11)14(9-12)22-26(24,25-19)15(17)18;/h3-9,15H,1-2H3;/q;+2. The fourth-order valence-electron chi connectivity index (χ4n) is 1.79. The molecule has 0 spiro atoms. The molecule has 12 heteroatoms. The minimum Gasteiger partial charge on any atom is -0.378 e. The zero-order valence-corrected chi connectivity index (χ0v) is 17.4. The average molecular weight is 510 g/mol. The maximum atomic E-state index is 12.8. The van der Waals surface area contributed by atoms with Gasteiger partial charge in [-0.3, -0.25) is 0 Å². The molecule has 2 aromatic carbocycles. The summed E-state index contributed by atoms with van der Waals surface area (Å²) in [6.45, 7) is 0. The SMILES string of the molecule is CN(C)c1ccc(N=Nc2ccc(Br)cc2)c(N=S(=O)(OF)C(F)F)c1.[Ni+2]. The molecule has 0 aliphatic carbocycles. The van der Waals surface area contributed by atoms with E-state index in [2.05, 4.69) is 34.9 Å². The van der Waals surface area contributed by atoms with Crippen molar-refractivity contribution in [2.24, 2.45) is 14.6 Å². The monoisotopic (exact) mass is 508 g/mol. The van der Waals surface area contributed by atoms with E-state index < -0.39 is 15.8 Å². The number of anilines is 1. The van der Waals surface area contributed by atoms with Gasteiger partial charge in [-0.2, -0.15) is 18.3 Å². The molecule has 1 unspecified atom stereocenters. The molecule has 0 aromatic heterocycles. The van der Waals surface area contributed by atoms with E-state index in [4.69, 9.17) is 0 Å². The zero-order chi connectivity index (χ0) is 19.3. The van der Waals surface area contributed by atoms with E-state index in [0.717, 1.165) is 4.47 Å². The number of halogens is 4. The second kappa shape index (κ2) is 10.2. The van der Waals surface area contributed by atoms with E-state index in [9.17, 15) is 17.5 Å². The van der Waals surface area contributed by atoms with Crippen LogP contribution < -0.4 is 4.90 Å². The zero-order valence-electron chi connectivity index (χ0n) is 14.0. The van der Waals surface area contributed by atoms with Gasteiger partial charge in [-0.05, 0) is 47.0 Å². The third-order valence-corrected chi connectivity index (χ3v) is 4.73. The van der Waals surface area contributed by atoms with E-state index in [1.54, 1.807) is 49.3 Å². The van der Waals surface area contributed by atoms with Gasteiger partial charge in [0.2, 0.25) is 0 Å². The maximum absolute atomic E-state index is 12.8. The van der Waals surface area contributed by atoms with Crippen molar-refractivity contribution in [3.05, 3.63) is 46.9 Å². The number of hydrogen-bond donors (Lipinski definition) is 0. The summed E-state index contributed by atoms with van der Waals surface area (Å²) in [6.07, 6.45) is 0. The minimum atomic E-state index is -4.85. The summed E-state index contributed by atoms with van der Waals surface area (Å²) < 4.78 is 57.0. The van der Waals surface area contributed by atoms with Gasteiger partial charge in [0.05, 0.1) is 5.69 Å². The molecule has 2 rings (SSSR count). The minimum absolute atomic E-state index is 0. The van der Waals surface area contributed by atoms with Crippen LogP contribution in [0.25, 0.3) is 0 Å². The molecule has 1 atom stereocenters. The Bertz CT molecular complexity index is 920. The van der Waals surface area contributed by atoms with E-state index in [1.165, 1.54) is 12.1 Å². The van der Waals surface area contributed by atoms with Gasteiger partial charge in [-0.15, -0.1) is 5.11 Å². The van der Waals surface area contributed by atoms with Crippen molar-refractivity contribution in [3.63, 3.8) is 0 Å². The molecule has 0 amide bonds. The Morgan fingerprint density at radius 3 is 2.22 bits per heavy atom. The first kappa shape index (κ1) is 23.6. The number of hydrogen-bond acceptors (Lipinski definition) is 6. The van der Waals surface area contributed by atoms with E-state index in [1.807, 2.05) is 0 Å². The molecule has 0 aliphatic heterocycles. The molecule has 0 N–H and O–H groups in total. The van der Waals surface area contributed by atoms with Crippen LogP contribution >= 0.6 is 15.9 Å². The number of benzene rings is 2. The smallest absolute Gasteiger partial charge is 0.378 e. The Morgan fingerprint density at radius 2 is 1.70 bits per heavy atom. The summed E-state index contributed by atoms with van der Waals surface area (Å²) in [6, 6.07) is 11.2. The van der Waals surface area contributed by atoms with Gasteiger partial charge < -0.3 is 4.90 Å². The van der Waals surface area contributed by atoms with E-state index in [-0.39, 0.29) is 27.9 Å². The Labute approximate surface area is 173 Å². The first-order chi connectivity index (χ1) is 12.2. The van der Waals surface area contributed by atoms with Crippen LogP contribution in [0.4, 0.5) is 36.1 Å². The second-order valence-electron chi connectivity index (χ2n) is 5.17. The summed E-state index contributed by atoms with van der Waals surface area (Å²) in [5, 5.41) is 7.90. The van der Waals surface area contributed by atoms with Crippen LogP contribution in [0.15, 0.2) is 61.5 Å². The average Bonchev–Trinajstić information content (AvgIpc) is 2.61.